The van der Waals surface area contributed by atoms with Gasteiger partial charge in [-0.3, -0.25) is 19.7 Å². The Kier molecular flexibility index (Phi) is 6.61. The minimum atomic E-state index is -0.718. The Bertz CT molecular complexity index is 974. The Balaban J connectivity index is 1.68. The standard InChI is InChI=1S/C23H25BrN2O4/c1-4-23(12-11-20(27)26-22(23)29)16-6-8-17(9-7-16)25-21(28)15(3)30-19-10-5-14(2)13-18(19)24/h5-10,13,15H,4,11-12H2,1-3H3,(H,25,28)(H,26,27,29). The number of halogens is 1. The number of hydrogen-bond acceptors (Lipinski definition) is 4. The molecule has 0 saturated carbocycles. The molecular formula is C23H25BrN2O4. The van der Waals surface area contributed by atoms with Gasteiger partial charge < -0.3 is 10.1 Å². The number of benzene rings is 2. The SMILES string of the molecule is CCC1(c2ccc(NC(=O)C(C)Oc3ccc(C)cc3Br)cc2)CCC(=O)NC1=O. The van der Waals surface area contributed by atoms with Gasteiger partial charge in [-0.15, -0.1) is 0 Å². The molecule has 0 aliphatic carbocycles. The summed E-state index contributed by atoms with van der Waals surface area (Å²) in [4.78, 5) is 36.6. The highest BCUT2D eigenvalue weighted by Crippen LogP contribution is 2.36. The zero-order valence-corrected chi connectivity index (χ0v) is 18.8. The minimum absolute atomic E-state index is 0.234. The predicted molar refractivity (Wildman–Crippen MR) is 118 cm³/mol. The Hall–Kier alpha value is -2.67. The Labute approximate surface area is 184 Å². The van der Waals surface area contributed by atoms with E-state index in [0.29, 0.717) is 30.7 Å². The third kappa shape index (κ3) is 4.56. The maximum Gasteiger partial charge on any atom is 0.265 e. The van der Waals surface area contributed by atoms with Crippen molar-refractivity contribution in [3.63, 3.8) is 0 Å². The lowest BCUT2D eigenvalue weighted by atomic mass is 9.72. The normalized spacial score (nSPS) is 19.7. The molecule has 0 spiro atoms. The predicted octanol–water partition coefficient (Wildman–Crippen LogP) is 4.25. The first-order valence-corrected chi connectivity index (χ1v) is 10.7. The zero-order valence-electron chi connectivity index (χ0n) is 17.3. The molecule has 30 heavy (non-hydrogen) atoms. The first-order valence-electron chi connectivity index (χ1n) is 9.93. The van der Waals surface area contributed by atoms with Crippen molar-refractivity contribution in [2.45, 2.75) is 51.6 Å². The second-order valence-corrected chi connectivity index (χ2v) is 8.43. The molecule has 0 radical (unpaired) electrons. The maximum atomic E-state index is 12.5. The number of nitrogens with one attached hydrogen (secondary N) is 2. The van der Waals surface area contributed by atoms with Crippen molar-refractivity contribution in [1.82, 2.24) is 5.32 Å². The van der Waals surface area contributed by atoms with Gasteiger partial charge in [0.2, 0.25) is 11.8 Å². The van der Waals surface area contributed by atoms with Crippen molar-refractivity contribution in [3.8, 4) is 5.75 Å². The summed E-state index contributed by atoms with van der Waals surface area (Å²) in [5.74, 6) is -0.173. The van der Waals surface area contributed by atoms with Gasteiger partial charge in [0.25, 0.3) is 5.91 Å². The van der Waals surface area contributed by atoms with Gasteiger partial charge in [0.05, 0.1) is 9.89 Å². The zero-order chi connectivity index (χ0) is 21.9. The minimum Gasteiger partial charge on any atom is -0.480 e. The summed E-state index contributed by atoms with van der Waals surface area (Å²) in [6, 6.07) is 12.9. The van der Waals surface area contributed by atoms with Crippen LogP contribution in [0, 0.1) is 6.92 Å². The van der Waals surface area contributed by atoms with Gasteiger partial charge in [0.1, 0.15) is 5.75 Å². The molecule has 2 unspecified atom stereocenters. The van der Waals surface area contributed by atoms with Crippen LogP contribution in [0.3, 0.4) is 0 Å². The van der Waals surface area contributed by atoms with E-state index in [2.05, 4.69) is 26.6 Å². The highest BCUT2D eigenvalue weighted by atomic mass is 79.9. The van der Waals surface area contributed by atoms with E-state index in [9.17, 15) is 14.4 Å². The molecule has 2 atom stereocenters. The van der Waals surface area contributed by atoms with Crippen LogP contribution in [0.2, 0.25) is 0 Å². The van der Waals surface area contributed by atoms with E-state index in [1.807, 2.05) is 44.2 Å². The highest BCUT2D eigenvalue weighted by Gasteiger charge is 2.42. The molecule has 1 saturated heterocycles. The van der Waals surface area contributed by atoms with Crippen molar-refractivity contribution in [2.24, 2.45) is 0 Å². The fourth-order valence-electron chi connectivity index (χ4n) is 3.63. The smallest absolute Gasteiger partial charge is 0.265 e. The van der Waals surface area contributed by atoms with Crippen LogP contribution < -0.4 is 15.4 Å². The second kappa shape index (κ2) is 9.00. The monoisotopic (exact) mass is 472 g/mol. The Morgan fingerprint density at radius 1 is 1.23 bits per heavy atom. The van der Waals surface area contributed by atoms with Crippen molar-refractivity contribution in [2.75, 3.05) is 5.32 Å². The Morgan fingerprint density at radius 2 is 1.93 bits per heavy atom. The molecule has 1 aliphatic heterocycles. The van der Waals surface area contributed by atoms with Crippen molar-refractivity contribution >= 4 is 39.3 Å². The van der Waals surface area contributed by atoms with Crippen LogP contribution in [0.5, 0.6) is 5.75 Å². The molecule has 2 N–H and O–H groups in total. The van der Waals surface area contributed by atoms with E-state index in [-0.39, 0.29) is 17.7 Å². The lowest BCUT2D eigenvalue weighted by Gasteiger charge is -2.35. The number of ether oxygens (including phenoxy) is 1. The fraction of sp³-hybridized carbons (Fsp3) is 0.348. The maximum absolute atomic E-state index is 12.5. The third-order valence-corrected chi connectivity index (χ3v) is 6.16. The molecule has 3 rings (SSSR count). The number of anilines is 1. The van der Waals surface area contributed by atoms with E-state index in [1.165, 1.54) is 0 Å². The molecule has 1 heterocycles. The molecule has 3 amide bonds. The number of carbonyl (C=O) groups excluding carboxylic acids is 3. The van der Waals surface area contributed by atoms with Gasteiger partial charge in [0.15, 0.2) is 6.10 Å². The van der Waals surface area contributed by atoms with Gasteiger partial charge in [-0.25, -0.2) is 0 Å². The van der Waals surface area contributed by atoms with E-state index in [0.717, 1.165) is 15.6 Å². The summed E-state index contributed by atoms with van der Waals surface area (Å²) in [6.07, 6.45) is 0.701. The molecule has 2 aromatic rings. The number of aryl methyl sites for hydroxylation is 1. The summed E-state index contributed by atoms with van der Waals surface area (Å²) in [7, 11) is 0. The van der Waals surface area contributed by atoms with Crippen LogP contribution in [0.1, 0.15) is 44.2 Å². The topological polar surface area (TPSA) is 84.5 Å². The molecule has 1 aliphatic rings. The van der Waals surface area contributed by atoms with Gasteiger partial charge in [0, 0.05) is 12.1 Å². The van der Waals surface area contributed by atoms with E-state index < -0.39 is 11.5 Å². The lowest BCUT2D eigenvalue weighted by Crippen LogP contribution is -2.51. The molecule has 0 aromatic heterocycles. The summed E-state index contributed by atoms with van der Waals surface area (Å²) in [5.41, 5.74) is 1.82. The number of rotatable bonds is 6. The number of hydrogen-bond donors (Lipinski definition) is 2. The first kappa shape index (κ1) is 22.0. The van der Waals surface area contributed by atoms with Crippen molar-refractivity contribution in [3.05, 3.63) is 58.1 Å². The fourth-order valence-corrected chi connectivity index (χ4v) is 4.21. The van der Waals surface area contributed by atoms with E-state index >= 15 is 0 Å². The van der Waals surface area contributed by atoms with Gasteiger partial charge >= 0.3 is 0 Å². The summed E-state index contributed by atoms with van der Waals surface area (Å²) < 4.78 is 6.56. The Morgan fingerprint density at radius 3 is 2.53 bits per heavy atom. The molecule has 0 bridgehead atoms. The third-order valence-electron chi connectivity index (χ3n) is 5.54. The van der Waals surface area contributed by atoms with Crippen LogP contribution >= 0.6 is 15.9 Å². The van der Waals surface area contributed by atoms with Crippen LogP contribution in [0.4, 0.5) is 5.69 Å². The number of amides is 3. The molecule has 1 fully saturated rings. The number of carbonyl (C=O) groups is 3. The highest BCUT2D eigenvalue weighted by molar-refractivity contribution is 9.10. The molecule has 6 nitrogen and oxygen atoms in total. The van der Waals surface area contributed by atoms with Crippen LogP contribution in [-0.4, -0.2) is 23.8 Å². The average Bonchev–Trinajstić information content (AvgIpc) is 2.71. The lowest BCUT2D eigenvalue weighted by molar-refractivity contribution is -0.138. The molecule has 2 aromatic carbocycles. The number of piperidine rings is 1. The molecule has 7 heteroatoms. The van der Waals surface area contributed by atoms with Gasteiger partial charge in [-0.2, -0.15) is 0 Å². The van der Waals surface area contributed by atoms with E-state index in [4.69, 9.17) is 4.74 Å². The van der Waals surface area contributed by atoms with E-state index in [1.54, 1.807) is 19.1 Å². The van der Waals surface area contributed by atoms with Crippen molar-refractivity contribution in [1.29, 1.82) is 0 Å². The molecular weight excluding hydrogens is 448 g/mol. The van der Waals surface area contributed by atoms with Crippen molar-refractivity contribution < 1.29 is 19.1 Å². The van der Waals surface area contributed by atoms with Gasteiger partial charge in [-0.05, 0) is 78.0 Å². The largest absolute Gasteiger partial charge is 0.480 e. The average molecular weight is 473 g/mol. The summed E-state index contributed by atoms with van der Waals surface area (Å²) in [5, 5.41) is 5.28. The quantitative estimate of drug-likeness (QED) is 0.615. The first-order chi connectivity index (χ1) is 14.2. The number of imide groups is 1. The molecule has 158 valence electrons. The van der Waals surface area contributed by atoms with Crippen LogP contribution in [0.15, 0.2) is 46.9 Å². The second-order valence-electron chi connectivity index (χ2n) is 7.57. The van der Waals surface area contributed by atoms with Gasteiger partial charge in [-0.1, -0.05) is 25.1 Å². The summed E-state index contributed by atoms with van der Waals surface area (Å²) >= 11 is 3.45. The van der Waals surface area contributed by atoms with Crippen LogP contribution in [-0.2, 0) is 19.8 Å². The summed E-state index contributed by atoms with van der Waals surface area (Å²) in [6.45, 7) is 5.60. The van der Waals surface area contributed by atoms with Crippen LogP contribution in [0.25, 0.3) is 0 Å².